The van der Waals surface area contributed by atoms with Gasteiger partial charge in [0.1, 0.15) is 5.82 Å². The standard InChI is InChI=1S/C14H17N3O2S/c1-10-5-4-6-13(11(10)2)17-20(18,19)12-7-8-16-14(9-12)15-3/h4-9,17H,1-3H3,(H,15,16). The molecule has 5 nitrogen and oxygen atoms in total. The molecule has 2 N–H and O–H groups in total. The third kappa shape index (κ3) is 2.91. The van der Waals surface area contributed by atoms with Crippen molar-refractivity contribution < 1.29 is 8.42 Å². The molecule has 0 radical (unpaired) electrons. The van der Waals surface area contributed by atoms with Crippen molar-refractivity contribution in [3.63, 3.8) is 0 Å². The lowest BCUT2D eigenvalue weighted by molar-refractivity contribution is 0.601. The van der Waals surface area contributed by atoms with Crippen molar-refractivity contribution in [2.75, 3.05) is 17.1 Å². The molecule has 0 saturated heterocycles. The highest BCUT2D eigenvalue weighted by Crippen LogP contribution is 2.22. The third-order valence-electron chi connectivity index (χ3n) is 3.15. The Morgan fingerprint density at radius 3 is 2.60 bits per heavy atom. The molecule has 6 heteroatoms. The Kier molecular flexibility index (Phi) is 3.94. The van der Waals surface area contributed by atoms with E-state index < -0.39 is 10.0 Å². The van der Waals surface area contributed by atoms with E-state index in [2.05, 4.69) is 15.0 Å². The zero-order valence-electron chi connectivity index (χ0n) is 11.6. The van der Waals surface area contributed by atoms with Crippen LogP contribution >= 0.6 is 0 Å². The Hall–Kier alpha value is -2.08. The molecular formula is C14H17N3O2S. The molecule has 0 aliphatic heterocycles. The summed E-state index contributed by atoms with van der Waals surface area (Å²) in [5.41, 5.74) is 2.54. The zero-order valence-corrected chi connectivity index (χ0v) is 12.5. The van der Waals surface area contributed by atoms with Crippen molar-refractivity contribution in [3.8, 4) is 0 Å². The van der Waals surface area contributed by atoms with Crippen LogP contribution in [0.3, 0.4) is 0 Å². The van der Waals surface area contributed by atoms with Gasteiger partial charge in [-0.1, -0.05) is 12.1 Å². The van der Waals surface area contributed by atoms with Crippen LogP contribution in [0.1, 0.15) is 11.1 Å². The van der Waals surface area contributed by atoms with E-state index in [4.69, 9.17) is 0 Å². The molecule has 1 aromatic heterocycles. The summed E-state index contributed by atoms with van der Waals surface area (Å²) in [6.07, 6.45) is 1.46. The average Bonchev–Trinajstić information content (AvgIpc) is 2.44. The van der Waals surface area contributed by atoms with Crippen LogP contribution in [-0.2, 0) is 10.0 Å². The number of benzene rings is 1. The van der Waals surface area contributed by atoms with Crippen molar-refractivity contribution in [3.05, 3.63) is 47.7 Å². The first-order valence-corrected chi connectivity index (χ1v) is 7.65. The molecule has 0 amide bonds. The van der Waals surface area contributed by atoms with Crippen LogP contribution in [0.15, 0.2) is 41.4 Å². The summed E-state index contributed by atoms with van der Waals surface area (Å²) in [6, 6.07) is 8.48. The lowest BCUT2D eigenvalue weighted by Crippen LogP contribution is -2.14. The lowest BCUT2D eigenvalue weighted by atomic mass is 10.1. The van der Waals surface area contributed by atoms with Gasteiger partial charge in [-0.2, -0.15) is 0 Å². The lowest BCUT2D eigenvalue weighted by Gasteiger charge is -2.12. The van der Waals surface area contributed by atoms with Crippen LogP contribution in [-0.4, -0.2) is 20.4 Å². The first-order valence-electron chi connectivity index (χ1n) is 6.17. The molecule has 106 valence electrons. The molecule has 1 aromatic carbocycles. The Labute approximate surface area is 119 Å². The normalized spacial score (nSPS) is 11.2. The Balaban J connectivity index is 2.38. The van der Waals surface area contributed by atoms with Gasteiger partial charge in [0.15, 0.2) is 0 Å². The van der Waals surface area contributed by atoms with E-state index in [9.17, 15) is 8.42 Å². The molecule has 20 heavy (non-hydrogen) atoms. The summed E-state index contributed by atoms with van der Waals surface area (Å²) in [5, 5.41) is 2.82. The van der Waals surface area contributed by atoms with Crippen LogP contribution in [0.2, 0.25) is 0 Å². The average molecular weight is 291 g/mol. The van der Waals surface area contributed by atoms with Crippen molar-refractivity contribution >= 4 is 21.5 Å². The van der Waals surface area contributed by atoms with Gasteiger partial charge >= 0.3 is 0 Å². The highest BCUT2D eigenvalue weighted by atomic mass is 32.2. The number of sulfonamides is 1. The van der Waals surface area contributed by atoms with Gasteiger partial charge in [-0.05, 0) is 37.1 Å². The van der Waals surface area contributed by atoms with E-state index in [0.29, 0.717) is 11.5 Å². The van der Waals surface area contributed by atoms with Gasteiger partial charge in [0.25, 0.3) is 10.0 Å². The maximum absolute atomic E-state index is 12.4. The molecule has 0 fully saturated rings. The van der Waals surface area contributed by atoms with E-state index >= 15 is 0 Å². The van der Waals surface area contributed by atoms with Gasteiger partial charge in [-0.15, -0.1) is 0 Å². The molecule has 0 spiro atoms. The van der Waals surface area contributed by atoms with Crippen LogP contribution < -0.4 is 10.0 Å². The van der Waals surface area contributed by atoms with Crippen molar-refractivity contribution in [2.45, 2.75) is 18.7 Å². The van der Waals surface area contributed by atoms with E-state index in [1.165, 1.54) is 18.3 Å². The van der Waals surface area contributed by atoms with E-state index in [1.807, 2.05) is 26.0 Å². The number of nitrogens with zero attached hydrogens (tertiary/aromatic N) is 1. The molecule has 0 saturated carbocycles. The van der Waals surface area contributed by atoms with Gasteiger partial charge in [-0.25, -0.2) is 13.4 Å². The first-order chi connectivity index (χ1) is 9.44. The number of pyridine rings is 1. The number of hydrogen-bond donors (Lipinski definition) is 2. The Morgan fingerprint density at radius 2 is 1.90 bits per heavy atom. The zero-order chi connectivity index (χ0) is 14.8. The summed E-state index contributed by atoms with van der Waals surface area (Å²) >= 11 is 0. The van der Waals surface area contributed by atoms with Crippen molar-refractivity contribution in [2.24, 2.45) is 0 Å². The SMILES string of the molecule is CNc1cc(S(=O)(=O)Nc2cccc(C)c2C)ccn1. The van der Waals surface area contributed by atoms with E-state index in [-0.39, 0.29) is 4.90 Å². The minimum Gasteiger partial charge on any atom is -0.373 e. The predicted octanol–water partition coefficient (Wildman–Crippen LogP) is 2.54. The topological polar surface area (TPSA) is 71.1 Å². The Bertz CT molecular complexity index is 727. The largest absolute Gasteiger partial charge is 0.373 e. The molecule has 0 unspecified atom stereocenters. The highest BCUT2D eigenvalue weighted by Gasteiger charge is 2.16. The second kappa shape index (κ2) is 5.50. The fourth-order valence-electron chi connectivity index (χ4n) is 1.78. The third-order valence-corrected chi connectivity index (χ3v) is 4.51. The number of aryl methyl sites for hydroxylation is 1. The molecule has 0 atom stereocenters. The van der Waals surface area contributed by atoms with Gasteiger partial charge in [0, 0.05) is 19.3 Å². The summed E-state index contributed by atoms with van der Waals surface area (Å²) in [4.78, 5) is 4.19. The number of aromatic nitrogens is 1. The van der Waals surface area contributed by atoms with Crippen LogP contribution in [0.25, 0.3) is 0 Å². The fraction of sp³-hybridized carbons (Fsp3) is 0.214. The summed E-state index contributed by atoms with van der Waals surface area (Å²) in [6.45, 7) is 3.83. The van der Waals surface area contributed by atoms with Crippen LogP contribution in [0, 0.1) is 13.8 Å². The number of hydrogen-bond acceptors (Lipinski definition) is 4. The van der Waals surface area contributed by atoms with Gasteiger partial charge in [0.2, 0.25) is 0 Å². The quantitative estimate of drug-likeness (QED) is 0.908. The molecule has 2 rings (SSSR count). The van der Waals surface area contributed by atoms with Crippen molar-refractivity contribution in [1.29, 1.82) is 0 Å². The molecule has 2 aromatic rings. The van der Waals surface area contributed by atoms with Gasteiger partial charge in [-0.3, -0.25) is 4.72 Å². The van der Waals surface area contributed by atoms with Gasteiger partial charge in [0.05, 0.1) is 10.6 Å². The molecule has 0 aliphatic rings. The summed E-state index contributed by atoms with van der Waals surface area (Å²) in [5.74, 6) is 0.508. The summed E-state index contributed by atoms with van der Waals surface area (Å²) < 4.78 is 27.3. The molecule has 0 bridgehead atoms. The smallest absolute Gasteiger partial charge is 0.262 e. The Morgan fingerprint density at radius 1 is 1.15 bits per heavy atom. The molecule has 1 heterocycles. The van der Waals surface area contributed by atoms with E-state index in [0.717, 1.165) is 11.1 Å². The van der Waals surface area contributed by atoms with Crippen molar-refractivity contribution in [1.82, 2.24) is 4.98 Å². The second-order valence-electron chi connectivity index (χ2n) is 4.48. The summed E-state index contributed by atoms with van der Waals surface area (Å²) in [7, 11) is -1.92. The number of rotatable bonds is 4. The monoisotopic (exact) mass is 291 g/mol. The highest BCUT2D eigenvalue weighted by molar-refractivity contribution is 7.92. The number of anilines is 2. The maximum atomic E-state index is 12.4. The minimum atomic E-state index is -3.62. The fourth-order valence-corrected chi connectivity index (χ4v) is 2.92. The number of nitrogens with one attached hydrogen (secondary N) is 2. The van der Waals surface area contributed by atoms with Crippen LogP contribution in [0.5, 0.6) is 0 Å². The predicted molar refractivity (Wildman–Crippen MR) is 80.5 cm³/mol. The molecule has 0 aliphatic carbocycles. The second-order valence-corrected chi connectivity index (χ2v) is 6.16. The van der Waals surface area contributed by atoms with Gasteiger partial charge < -0.3 is 5.32 Å². The first kappa shape index (κ1) is 14.3. The maximum Gasteiger partial charge on any atom is 0.262 e. The van der Waals surface area contributed by atoms with E-state index in [1.54, 1.807) is 13.1 Å². The van der Waals surface area contributed by atoms with Crippen LogP contribution in [0.4, 0.5) is 11.5 Å². The minimum absolute atomic E-state index is 0.178. The molecular weight excluding hydrogens is 274 g/mol.